The lowest BCUT2D eigenvalue weighted by Gasteiger charge is -2.39. The Kier molecular flexibility index (Phi) is 4.19. The van der Waals surface area contributed by atoms with E-state index in [0.29, 0.717) is 6.10 Å². The van der Waals surface area contributed by atoms with Gasteiger partial charge in [-0.2, -0.15) is 0 Å². The number of rotatable bonds is 4. The number of hydrogen-bond donors (Lipinski definition) is 1. The molecule has 0 amide bonds. The predicted molar refractivity (Wildman–Crippen MR) is 78.2 cm³/mol. The first kappa shape index (κ1) is 13.1. The van der Waals surface area contributed by atoms with Crippen LogP contribution in [-0.4, -0.2) is 19.3 Å². The highest BCUT2D eigenvalue weighted by molar-refractivity contribution is 5.25. The Balaban J connectivity index is 1.72. The van der Waals surface area contributed by atoms with E-state index in [1.807, 2.05) is 0 Å². The van der Waals surface area contributed by atoms with Crippen LogP contribution in [-0.2, 0) is 10.3 Å². The summed E-state index contributed by atoms with van der Waals surface area (Å²) in [5.74, 6) is 0. The van der Waals surface area contributed by atoms with E-state index in [0.717, 1.165) is 13.2 Å². The van der Waals surface area contributed by atoms with Crippen LogP contribution in [0.4, 0.5) is 0 Å². The van der Waals surface area contributed by atoms with Gasteiger partial charge in [-0.05, 0) is 31.2 Å². The maximum absolute atomic E-state index is 5.76. The number of nitrogens with one attached hydrogen (secondary N) is 1. The zero-order valence-corrected chi connectivity index (χ0v) is 11.7. The highest BCUT2D eigenvalue weighted by atomic mass is 16.5. The van der Waals surface area contributed by atoms with E-state index >= 15 is 0 Å². The van der Waals surface area contributed by atoms with Gasteiger partial charge in [0.25, 0.3) is 0 Å². The lowest BCUT2D eigenvalue weighted by atomic mass is 9.76. The maximum atomic E-state index is 5.76. The van der Waals surface area contributed by atoms with Crippen LogP contribution in [0.1, 0.15) is 50.5 Å². The third-order valence-electron chi connectivity index (χ3n) is 4.73. The van der Waals surface area contributed by atoms with Gasteiger partial charge >= 0.3 is 0 Å². The molecule has 1 saturated carbocycles. The highest BCUT2D eigenvalue weighted by Crippen LogP contribution is 2.37. The van der Waals surface area contributed by atoms with E-state index in [-0.39, 0.29) is 5.54 Å². The first-order chi connectivity index (χ1) is 9.39. The minimum atomic E-state index is 0.200. The molecule has 1 aromatic carbocycles. The molecular formula is C17H25NO. The van der Waals surface area contributed by atoms with Crippen LogP contribution >= 0.6 is 0 Å². The SMILES string of the molecule is c1ccc(C2(NC[C@@H]3CCCO3)CCCCC2)cc1. The highest BCUT2D eigenvalue weighted by Gasteiger charge is 2.34. The molecule has 1 atom stereocenters. The molecule has 0 bridgehead atoms. The molecule has 0 spiro atoms. The second kappa shape index (κ2) is 6.06. The monoisotopic (exact) mass is 259 g/mol. The van der Waals surface area contributed by atoms with Crippen molar-refractivity contribution in [3.63, 3.8) is 0 Å². The first-order valence-electron chi connectivity index (χ1n) is 7.81. The van der Waals surface area contributed by atoms with Gasteiger partial charge in [-0.3, -0.25) is 0 Å². The van der Waals surface area contributed by atoms with Gasteiger partial charge in [-0.1, -0.05) is 49.6 Å². The van der Waals surface area contributed by atoms with E-state index < -0.39 is 0 Å². The molecule has 2 aliphatic rings. The first-order valence-corrected chi connectivity index (χ1v) is 7.81. The average molecular weight is 259 g/mol. The summed E-state index contributed by atoms with van der Waals surface area (Å²) in [6.45, 7) is 1.96. The zero-order chi connectivity index (χ0) is 13.0. The van der Waals surface area contributed by atoms with E-state index in [1.165, 1.54) is 50.5 Å². The summed E-state index contributed by atoms with van der Waals surface area (Å²) in [4.78, 5) is 0. The van der Waals surface area contributed by atoms with Gasteiger partial charge in [0.05, 0.1) is 6.10 Å². The molecule has 1 saturated heterocycles. The fourth-order valence-corrected chi connectivity index (χ4v) is 3.59. The quantitative estimate of drug-likeness (QED) is 0.892. The van der Waals surface area contributed by atoms with Gasteiger partial charge in [-0.25, -0.2) is 0 Å². The van der Waals surface area contributed by atoms with Crippen molar-refractivity contribution >= 4 is 0 Å². The Labute approximate surface area is 116 Å². The zero-order valence-electron chi connectivity index (χ0n) is 11.7. The molecule has 2 nitrogen and oxygen atoms in total. The number of ether oxygens (including phenoxy) is 1. The van der Waals surface area contributed by atoms with E-state index in [2.05, 4.69) is 35.6 Å². The Hall–Kier alpha value is -0.860. The molecule has 2 fully saturated rings. The fourth-order valence-electron chi connectivity index (χ4n) is 3.59. The second-order valence-corrected chi connectivity index (χ2v) is 6.02. The molecule has 1 N–H and O–H groups in total. The molecule has 1 aromatic rings. The average Bonchev–Trinajstić information content (AvgIpc) is 3.01. The van der Waals surface area contributed by atoms with Crippen molar-refractivity contribution < 1.29 is 4.74 Å². The molecule has 19 heavy (non-hydrogen) atoms. The minimum Gasteiger partial charge on any atom is -0.377 e. The van der Waals surface area contributed by atoms with Crippen LogP contribution in [0.5, 0.6) is 0 Å². The normalized spacial score (nSPS) is 26.4. The fraction of sp³-hybridized carbons (Fsp3) is 0.647. The van der Waals surface area contributed by atoms with Crippen molar-refractivity contribution in [2.24, 2.45) is 0 Å². The van der Waals surface area contributed by atoms with Gasteiger partial charge < -0.3 is 10.1 Å². The molecular weight excluding hydrogens is 234 g/mol. The smallest absolute Gasteiger partial charge is 0.0700 e. The van der Waals surface area contributed by atoms with E-state index in [4.69, 9.17) is 4.74 Å². The molecule has 3 rings (SSSR count). The Morgan fingerprint density at radius 2 is 1.84 bits per heavy atom. The van der Waals surface area contributed by atoms with Crippen LogP contribution in [0, 0.1) is 0 Å². The summed E-state index contributed by atoms with van der Waals surface area (Å²) in [7, 11) is 0. The molecule has 2 heteroatoms. The maximum Gasteiger partial charge on any atom is 0.0700 e. The summed E-state index contributed by atoms with van der Waals surface area (Å²) >= 11 is 0. The standard InChI is InChI=1S/C17H25NO/c1-3-8-15(9-4-1)17(11-5-2-6-12-17)18-14-16-10-7-13-19-16/h1,3-4,8-9,16,18H,2,5-7,10-14H2/t16-/m0/s1. The summed E-state index contributed by atoms with van der Waals surface area (Å²) in [5.41, 5.74) is 1.67. The molecule has 0 radical (unpaired) electrons. The molecule has 104 valence electrons. The van der Waals surface area contributed by atoms with Crippen LogP contribution in [0.3, 0.4) is 0 Å². The lowest BCUT2D eigenvalue weighted by molar-refractivity contribution is 0.0941. The van der Waals surface area contributed by atoms with Crippen LogP contribution in [0.2, 0.25) is 0 Å². The van der Waals surface area contributed by atoms with E-state index in [9.17, 15) is 0 Å². The van der Waals surface area contributed by atoms with Crippen molar-refractivity contribution in [2.45, 2.75) is 56.6 Å². The van der Waals surface area contributed by atoms with Crippen molar-refractivity contribution in [3.8, 4) is 0 Å². The molecule has 0 aromatic heterocycles. The third-order valence-corrected chi connectivity index (χ3v) is 4.73. The van der Waals surface area contributed by atoms with Crippen LogP contribution < -0.4 is 5.32 Å². The number of hydrogen-bond acceptors (Lipinski definition) is 2. The molecule has 1 aliphatic heterocycles. The van der Waals surface area contributed by atoms with Crippen LogP contribution in [0.25, 0.3) is 0 Å². The van der Waals surface area contributed by atoms with E-state index in [1.54, 1.807) is 0 Å². The van der Waals surface area contributed by atoms with Crippen molar-refractivity contribution in [2.75, 3.05) is 13.2 Å². The number of benzene rings is 1. The molecule has 1 aliphatic carbocycles. The Morgan fingerprint density at radius 3 is 2.53 bits per heavy atom. The molecule has 0 unspecified atom stereocenters. The predicted octanol–water partition coefficient (Wildman–Crippen LogP) is 3.61. The van der Waals surface area contributed by atoms with Crippen LogP contribution in [0.15, 0.2) is 30.3 Å². The van der Waals surface area contributed by atoms with Gasteiger partial charge in [0, 0.05) is 18.7 Å². The van der Waals surface area contributed by atoms with Gasteiger partial charge in [0.15, 0.2) is 0 Å². The van der Waals surface area contributed by atoms with Gasteiger partial charge in [-0.15, -0.1) is 0 Å². The topological polar surface area (TPSA) is 21.3 Å². The summed E-state index contributed by atoms with van der Waals surface area (Å²) in [6, 6.07) is 11.0. The Bertz CT molecular complexity index is 378. The van der Waals surface area contributed by atoms with Gasteiger partial charge in [0.2, 0.25) is 0 Å². The minimum absolute atomic E-state index is 0.200. The summed E-state index contributed by atoms with van der Waals surface area (Å²) in [5, 5.41) is 3.87. The van der Waals surface area contributed by atoms with Crippen molar-refractivity contribution in [1.29, 1.82) is 0 Å². The molecule has 1 heterocycles. The lowest BCUT2D eigenvalue weighted by Crippen LogP contribution is -2.47. The summed E-state index contributed by atoms with van der Waals surface area (Å²) < 4.78 is 5.76. The Morgan fingerprint density at radius 1 is 1.05 bits per heavy atom. The largest absolute Gasteiger partial charge is 0.377 e. The van der Waals surface area contributed by atoms with Crippen molar-refractivity contribution in [3.05, 3.63) is 35.9 Å². The summed E-state index contributed by atoms with van der Waals surface area (Å²) in [6.07, 6.45) is 9.48. The van der Waals surface area contributed by atoms with Crippen molar-refractivity contribution in [1.82, 2.24) is 5.32 Å². The second-order valence-electron chi connectivity index (χ2n) is 6.02. The third kappa shape index (κ3) is 3.01. The van der Waals surface area contributed by atoms with Gasteiger partial charge in [0.1, 0.15) is 0 Å².